The summed E-state index contributed by atoms with van der Waals surface area (Å²) in [5.41, 5.74) is 0.458. The third-order valence-electron chi connectivity index (χ3n) is 5.36. The zero-order valence-electron chi connectivity index (χ0n) is 13.6. The molecule has 0 aromatic heterocycles. The van der Waals surface area contributed by atoms with E-state index in [0.29, 0.717) is 25.1 Å². The summed E-state index contributed by atoms with van der Waals surface area (Å²) < 4.78 is 13.3. The Morgan fingerprint density at radius 3 is 2.52 bits per heavy atom. The molecule has 1 aromatic rings. The van der Waals surface area contributed by atoms with Crippen LogP contribution < -0.4 is 0 Å². The first-order chi connectivity index (χ1) is 11.0. The molecular weight excluding hydrogens is 295 g/mol. The zero-order valence-corrected chi connectivity index (χ0v) is 13.6. The molecule has 2 heterocycles. The molecule has 2 aliphatic rings. The lowest BCUT2D eigenvalue weighted by atomic mass is 9.71. The molecule has 0 radical (unpaired) electrons. The number of benzene rings is 1. The molecule has 0 aliphatic carbocycles. The fourth-order valence-corrected chi connectivity index (χ4v) is 3.77. The highest BCUT2D eigenvalue weighted by Crippen LogP contribution is 2.41. The largest absolute Gasteiger partial charge is 0.343 e. The maximum absolute atomic E-state index is 13.3. The second kappa shape index (κ2) is 6.30. The quantitative estimate of drug-likeness (QED) is 0.841. The van der Waals surface area contributed by atoms with E-state index in [2.05, 4.69) is 0 Å². The average Bonchev–Trinajstić information content (AvgIpc) is 2.55. The minimum atomic E-state index is -0.387. The van der Waals surface area contributed by atoms with Gasteiger partial charge in [0.1, 0.15) is 5.82 Å². The van der Waals surface area contributed by atoms with Crippen molar-refractivity contribution in [3.05, 3.63) is 35.6 Å². The fraction of sp³-hybridized carbons (Fsp3) is 0.556. The topological polar surface area (TPSA) is 40.6 Å². The van der Waals surface area contributed by atoms with Gasteiger partial charge < -0.3 is 9.80 Å². The van der Waals surface area contributed by atoms with Gasteiger partial charge in [0.05, 0.1) is 0 Å². The Kier molecular flexibility index (Phi) is 4.37. The van der Waals surface area contributed by atoms with Gasteiger partial charge in [-0.15, -0.1) is 0 Å². The van der Waals surface area contributed by atoms with E-state index in [-0.39, 0.29) is 23.0 Å². The summed E-state index contributed by atoms with van der Waals surface area (Å²) in [6.45, 7) is 4.91. The third-order valence-corrected chi connectivity index (χ3v) is 5.36. The maximum Gasteiger partial charge on any atom is 0.253 e. The Bertz CT molecular complexity index is 609. The van der Waals surface area contributed by atoms with Crippen LogP contribution >= 0.6 is 0 Å². The Labute approximate surface area is 136 Å². The van der Waals surface area contributed by atoms with Crippen LogP contribution in [0.2, 0.25) is 0 Å². The molecule has 0 saturated carbocycles. The monoisotopic (exact) mass is 318 g/mol. The van der Waals surface area contributed by atoms with Crippen molar-refractivity contribution >= 4 is 11.8 Å². The lowest BCUT2D eigenvalue weighted by Crippen LogP contribution is -2.50. The van der Waals surface area contributed by atoms with E-state index >= 15 is 0 Å². The first-order valence-electron chi connectivity index (χ1n) is 8.36. The summed E-state index contributed by atoms with van der Waals surface area (Å²) in [5, 5.41) is 0. The molecule has 2 aliphatic heterocycles. The van der Waals surface area contributed by atoms with Crippen molar-refractivity contribution in [1.82, 2.24) is 9.80 Å². The molecule has 0 N–H and O–H groups in total. The molecule has 0 bridgehead atoms. The molecule has 0 atom stereocenters. The highest BCUT2D eigenvalue weighted by atomic mass is 19.1. The Hall–Kier alpha value is -1.91. The van der Waals surface area contributed by atoms with Crippen LogP contribution in [0.3, 0.4) is 0 Å². The van der Waals surface area contributed by atoms with Gasteiger partial charge in [-0.05, 0) is 49.8 Å². The first kappa shape index (κ1) is 16.0. The first-order valence-corrected chi connectivity index (χ1v) is 8.36. The van der Waals surface area contributed by atoms with E-state index in [9.17, 15) is 14.0 Å². The van der Waals surface area contributed by atoms with Gasteiger partial charge in [-0.25, -0.2) is 4.39 Å². The molecule has 3 rings (SSSR count). The number of carbonyl (C=O) groups excluding carboxylic acids is 2. The molecule has 23 heavy (non-hydrogen) atoms. The second-order valence-corrected chi connectivity index (χ2v) is 6.70. The van der Waals surface area contributed by atoms with Gasteiger partial charge in [0.15, 0.2) is 0 Å². The van der Waals surface area contributed by atoms with Gasteiger partial charge in [-0.2, -0.15) is 0 Å². The predicted molar refractivity (Wildman–Crippen MR) is 85.5 cm³/mol. The van der Waals surface area contributed by atoms with E-state index in [1.807, 2.05) is 11.8 Å². The van der Waals surface area contributed by atoms with Crippen LogP contribution in [0.5, 0.6) is 0 Å². The van der Waals surface area contributed by atoms with E-state index < -0.39 is 0 Å². The van der Waals surface area contributed by atoms with E-state index in [1.54, 1.807) is 17.0 Å². The van der Waals surface area contributed by atoms with Gasteiger partial charge in [-0.3, -0.25) is 9.59 Å². The molecule has 2 saturated heterocycles. The SMILES string of the molecule is CCN1CCC2(CCN(C(=O)c3cccc(F)c3)CC2)CC1=O. The van der Waals surface area contributed by atoms with Crippen LogP contribution in [0, 0.1) is 11.2 Å². The van der Waals surface area contributed by atoms with Crippen LogP contribution in [0.1, 0.15) is 43.0 Å². The highest BCUT2D eigenvalue weighted by Gasteiger charge is 2.41. The van der Waals surface area contributed by atoms with Crippen molar-refractivity contribution in [2.45, 2.75) is 32.6 Å². The molecular formula is C18H23FN2O2. The summed E-state index contributed by atoms with van der Waals surface area (Å²) in [5.74, 6) is -0.262. The van der Waals surface area contributed by atoms with Gasteiger partial charge in [-0.1, -0.05) is 6.07 Å². The summed E-state index contributed by atoms with van der Waals surface area (Å²) in [4.78, 5) is 28.3. The number of carbonyl (C=O) groups is 2. The highest BCUT2D eigenvalue weighted by molar-refractivity contribution is 5.94. The Morgan fingerprint density at radius 2 is 1.91 bits per heavy atom. The zero-order chi connectivity index (χ0) is 16.4. The third kappa shape index (κ3) is 3.23. The summed E-state index contributed by atoms with van der Waals surface area (Å²) >= 11 is 0. The van der Waals surface area contributed by atoms with Crippen molar-refractivity contribution < 1.29 is 14.0 Å². The molecule has 4 nitrogen and oxygen atoms in total. The maximum atomic E-state index is 13.3. The van der Waals surface area contributed by atoms with Gasteiger partial charge in [0.2, 0.25) is 5.91 Å². The number of likely N-dealkylation sites (tertiary alicyclic amines) is 2. The van der Waals surface area contributed by atoms with E-state index in [4.69, 9.17) is 0 Å². The van der Waals surface area contributed by atoms with Crippen LogP contribution in [0.25, 0.3) is 0 Å². The lowest BCUT2D eigenvalue weighted by molar-refractivity contribution is -0.139. The number of amides is 2. The van der Waals surface area contributed by atoms with Crippen molar-refractivity contribution in [2.75, 3.05) is 26.2 Å². The normalized spacial score (nSPS) is 20.9. The molecule has 2 fully saturated rings. The Morgan fingerprint density at radius 1 is 1.22 bits per heavy atom. The van der Waals surface area contributed by atoms with E-state index in [0.717, 1.165) is 32.4 Å². The van der Waals surface area contributed by atoms with Gasteiger partial charge in [0.25, 0.3) is 5.91 Å². The Balaban J connectivity index is 1.62. The van der Waals surface area contributed by atoms with Crippen molar-refractivity contribution in [2.24, 2.45) is 5.41 Å². The number of rotatable bonds is 2. The second-order valence-electron chi connectivity index (χ2n) is 6.70. The minimum Gasteiger partial charge on any atom is -0.343 e. The number of nitrogens with zero attached hydrogens (tertiary/aromatic N) is 2. The summed E-state index contributed by atoms with van der Waals surface area (Å²) in [6, 6.07) is 5.84. The molecule has 1 aromatic carbocycles. The summed E-state index contributed by atoms with van der Waals surface area (Å²) in [6.07, 6.45) is 3.34. The molecule has 1 spiro atoms. The number of piperidine rings is 2. The molecule has 124 valence electrons. The molecule has 2 amide bonds. The summed E-state index contributed by atoms with van der Waals surface area (Å²) in [7, 11) is 0. The fourth-order valence-electron chi connectivity index (χ4n) is 3.77. The smallest absolute Gasteiger partial charge is 0.253 e. The molecule has 0 unspecified atom stereocenters. The van der Waals surface area contributed by atoms with Crippen molar-refractivity contribution in [3.63, 3.8) is 0 Å². The standard InChI is InChI=1S/C18H23FN2O2/c1-2-20-9-6-18(13-16(20)22)7-10-21(11-8-18)17(23)14-4-3-5-15(19)12-14/h3-5,12H,2,6-11,13H2,1H3. The van der Waals surface area contributed by atoms with Crippen molar-refractivity contribution in [1.29, 1.82) is 0 Å². The van der Waals surface area contributed by atoms with Gasteiger partial charge >= 0.3 is 0 Å². The predicted octanol–water partition coefficient (Wildman–Crippen LogP) is 2.69. The number of hydrogen-bond acceptors (Lipinski definition) is 2. The van der Waals surface area contributed by atoms with Crippen LogP contribution in [0.4, 0.5) is 4.39 Å². The molecule has 5 heteroatoms. The van der Waals surface area contributed by atoms with Crippen LogP contribution in [0.15, 0.2) is 24.3 Å². The number of halogens is 1. The van der Waals surface area contributed by atoms with Crippen molar-refractivity contribution in [3.8, 4) is 0 Å². The lowest BCUT2D eigenvalue weighted by Gasteiger charge is -2.46. The number of hydrogen-bond donors (Lipinski definition) is 0. The minimum absolute atomic E-state index is 0.0570. The average molecular weight is 318 g/mol. The van der Waals surface area contributed by atoms with E-state index in [1.165, 1.54) is 12.1 Å². The van der Waals surface area contributed by atoms with Gasteiger partial charge in [0, 0.05) is 38.2 Å². The van der Waals surface area contributed by atoms with Crippen LogP contribution in [-0.4, -0.2) is 47.8 Å². The van der Waals surface area contributed by atoms with Crippen LogP contribution in [-0.2, 0) is 4.79 Å².